The molecule has 0 saturated heterocycles. The highest BCUT2D eigenvalue weighted by Crippen LogP contribution is 2.15. The Bertz CT molecular complexity index is 591. The molecule has 0 heterocycles. The SMILES string of the molecule is CCCCCCCC/C=C\CC(CCCCCC=O)OC[C@@H](O)COC(=O)CCCCCCCCCCCCCCC. The highest BCUT2D eigenvalue weighted by atomic mass is 16.5. The number of hydrogen-bond donors (Lipinski definition) is 1. The van der Waals surface area contributed by atoms with Gasteiger partial charge in [0.15, 0.2) is 0 Å². The fourth-order valence-electron chi connectivity index (χ4n) is 5.30. The normalized spacial score (nSPS) is 13.0. The lowest BCUT2D eigenvalue weighted by Gasteiger charge is -2.19. The van der Waals surface area contributed by atoms with Crippen LogP contribution in [0.5, 0.6) is 0 Å². The number of unbranched alkanes of at least 4 members (excludes halogenated alkanes) is 21. The van der Waals surface area contributed by atoms with Gasteiger partial charge in [0.2, 0.25) is 0 Å². The van der Waals surface area contributed by atoms with Gasteiger partial charge in [-0.2, -0.15) is 0 Å². The molecule has 0 aliphatic carbocycles. The maximum absolute atomic E-state index is 12.1. The standard InChI is InChI=1S/C37H70O5/c1-3-5-7-9-11-13-14-15-16-18-20-22-27-31-37(40)42-34-35(39)33-41-36(30-26-23-24-28-32-38)29-25-21-19-17-12-10-8-6-4-2/h21,25,32,35-36,39H,3-20,22-24,26-31,33-34H2,1-2H3/b25-21-/t35-,36?/m1/s1. The summed E-state index contributed by atoms with van der Waals surface area (Å²) in [6.45, 7) is 4.69. The molecule has 0 bridgehead atoms. The van der Waals surface area contributed by atoms with Crippen LogP contribution in [0.1, 0.15) is 187 Å². The summed E-state index contributed by atoms with van der Waals surface area (Å²) in [4.78, 5) is 22.7. The third-order valence-corrected chi connectivity index (χ3v) is 8.08. The van der Waals surface area contributed by atoms with E-state index in [0.717, 1.165) is 57.7 Å². The molecule has 0 radical (unpaired) electrons. The van der Waals surface area contributed by atoms with E-state index in [4.69, 9.17) is 9.47 Å². The number of aliphatic hydroxyl groups excluding tert-OH is 1. The van der Waals surface area contributed by atoms with Gasteiger partial charge in [-0.15, -0.1) is 0 Å². The number of ether oxygens (including phenoxy) is 2. The fourth-order valence-corrected chi connectivity index (χ4v) is 5.30. The maximum Gasteiger partial charge on any atom is 0.305 e. The smallest absolute Gasteiger partial charge is 0.305 e. The Morgan fingerprint density at radius 3 is 1.69 bits per heavy atom. The molecule has 0 aromatic rings. The van der Waals surface area contributed by atoms with Gasteiger partial charge in [-0.05, 0) is 38.5 Å². The highest BCUT2D eigenvalue weighted by Gasteiger charge is 2.13. The van der Waals surface area contributed by atoms with Gasteiger partial charge < -0.3 is 19.4 Å². The molecule has 2 atom stereocenters. The molecule has 5 nitrogen and oxygen atoms in total. The summed E-state index contributed by atoms with van der Waals surface area (Å²) >= 11 is 0. The van der Waals surface area contributed by atoms with Crippen molar-refractivity contribution in [2.75, 3.05) is 13.2 Å². The van der Waals surface area contributed by atoms with Crippen molar-refractivity contribution in [1.82, 2.24) is 0 Å². The van der Waals surface area contributed by atoms with Crippen molar-refractivity contribution in [1.29, 1.82) is 0 Å². The summed E-state index contributed by atoms with van der Waals surface area (Å²) in [5, 5.41) is 10.3. The summed E-state index contributed by atoms with van der Waals surface area (Å²) < 4.78 is 11.3. The summed E-state index contributed by atoms with van der Waals surface area (Å²) in [6.07, 6.45) is 36.0. The third kappa shape index (κ3) is 31.7. The van der Waals surface area contributed by atoms with Crippen LogP contribution in [0.25, 0.3) is 0 Å². The predicted molar refractivity (Wildman–Crippen MR) is 178 cm³/mol. The second kappa shape index (κ2) is 34.3. The molecule has 0 spiro atoms. The maximum atomic E-state index is 12.1. The van der Waals surface area contributed by atoms with Gasteiger partial charge in [0, 0.05) is 12.8 Å². The Kier molecular flexibility index (Phi) is 33.3. The second-order valence-electron chi connectivity index (χ2n) is 12.4. The number of hydrogen-bond acceptors (Lipinski definition) is 5. The number of rotatable bonds is 34. The van der Waals surface area contributed by atoms with E-state index in [9.17, 15) is 14.7 Å². The van der Waals surface area contributed by atoms with E-state index in [2.05, 4.69) is 26.0 Å². The average Bonchev–Trinajstić information content (AvgIpc) is 2.99. The van der Waals surface area contributed by atoms with Gasteiger partial charge in [-0.3, -0.25) is 4.79 Å². The number of carbonyl (C=O) groups excluding carboxylic acids is 2. The second-order valence-corrected chi connectivity index (χ2v) is 12.4. The zero-order valence-corrected chi connectivity index (χ0v) is 28.0. The number of aliphatic hydroxyl groups is 1. The van der Waals surface area contributed by atoms with E-state index in [1.165, 1.54) is 109 Å². The van der Waals surface area contributed by atoms with Crippen LogP contribution in [0, 0.1) is 0 Å². The largest absolute Gasteiger partial charge is 0.463 e. The first-order valence-corrected chi connectivity index (χ1v) is 18.2. The van der Waals surface area contributed by atoms with E-state index in [1.807, 2.05) is 0 Å². The van der Waals surface area contributed by atoms with Gasteiger partial charge in [0.1, 0.15) is 19.0 Å². The van der Waals surface area contributed by atoms with E-state index in [0.29, 0.717) is 12.8 Å². The summed E-state index contributed by atoms with van der Waals surface area (Å²) in [6, 6.07) is 0. The molecule has 0 rings (SSSR count). The molecule has 0 saturated carbocycles. The topological polar surface area (TPSA) is 72.8 Å². The van der Waals surface area contributed by atoms with Crippen molar-refractivity contribution >= 4 is 12.3 Å². The van der Waals surface area contributed by atoms with Gasteiger partial charge in [-0.25, -0.2) is 0 Å². The lowest BCUT2D eigenvalue weighted by atomic mass is 10.0. The lowest BCUT2D eigenvalue weighted by Crippen LogP contribution is -2.27. The number of aldehydes is 1. The van der Waals surface area contributed by atoms with Gasteiger partial charge >= 0.3 is 5.97 Å². The van der Waals surface area contributed by atoms with E-state index in [1.54, 1.807) is 0 Å². The summed E-state index contributed by atoms with van der Waals surface area (Å²) in [5.74, 6) is -0.221. The molecule has 0 aromatic heterocycles. The van der Waals surface area contributed by atoms with E-state index >= 15 is 0 Å². The van der Waals surface area contributed by atoms with E-state index in [-0.39, 0.29) is 25.3 Å². The molecule has 0 amide bonds. The molecule has 0 fully saturated rings. The number of esters is 1. The van der Waals surface area contributed by atoms with Gasteiger partial charge in [-0.1, -0.05) is 148 Å². The molecular weight excluding hydrogens is 524 g/mol. The Morgan fingerprint density at radius 1 is 0.619 bits per heavy atom. The minimum Gasteiger partial charge on any atom is -0.463 e. The van der Waals surface area contributed by atoms with Gasteiger partial charge in [0.25, 0.3) is 0 Å². The average molecular weight is 595 g/mol. The van der Waals surface area contributed by atoms with Crippen LogP contribution in [-0.4, -0.2) is 42.8 Å². The number of carbonyl (C=O) groups is 2. The first-order valence-electron chi connectivity index (χ1n) is 18.2. The zero-order valence-electron chi connectivity index (χ0n) is 28.0. The first kappa shape index (κ1) is 40.8. The summed E-state index contributed by atoms with van der Waals surface area (Å²) in [7, 11) is 0. The Labute approximate surface area is 261 Å². The molecule has 42 heavy (non-hydrogen) atoms. The third-order valence-electron chi connectivity index (χ3n) is 8.08. The Hall–Kier alpha value is -1.20. The molecule has 0 aromatic carbocycles. The van der Waals surface area contributed by atoms with Crippen LogP contribution in [-0.2, 0) is 19.1 Å². The molecule has 0 aliphatic heterocycles. The van der Waals surface area contributed by atoms with Crippen LogP contribution in [0.3, 0.4) is 0 Å². The minimum absolute atomic E-state index is 0.00277. The van der Waals surface area contributed by atoms with Crippen molar-refractivity contribution in [2.45, 2.75) is 199 Å². The van der Waals surface area contributed by atoms with Crippen LogP contribution >= 0.6 is 0 Å². The fraction of sp³-hybridized carbons (Fsp3) is 0.892. The quantitative estimate of drug-likeness (QED) is 0.0347. The number of allylic oxidation sites excluding steroid dienone is 1. The molecule has 0 aliphatic rings. The molecule has 248 valence electrons. The zero-order chi connectivity index (χ0) is 30.8. The minimum atomic E-state index is -0.801. The van der Waals surface area contributed by atoms with E-state index < -0.39 is 6.10 Å². The van der Waals surface area contributed by atoms with Crippen LogP contribution in [0.15, 0.2) is 12.2 Å². The monoisotopic (exact) mass is 595 g/mol. The molecule has 5 heteroatoms. The van der Waals surface area contributed by atoms with Crippen molar-refractivity contribution in [2.24, 2.45) is 0 Å². The molecular formula is C37H70O5. The first-order chi connectivity index (χ1) is 20.6. The summed E-state index contributed by atoms with van der Waals surface area (Å²) in [5.41, 5.74) is 0. The van der Waals surface area contributed by atoms with Gasteiger partial charge in [0.05, 0.1) is 12.7 Å². The van der Waals surface area contributed by atoms with Crippen molar-refractivity contribution in [3.05, 3.63) is 12.2 Å². The van der Waals surface area contributed by atoms with Crippen molar-refractivity contribution in [3.63, 3.8) is 0 Å². The van der Waals surface area contributed by atoms with Crippen LogP contribution in [0.4, 0.5) is 0 Å². The Balaban J connectivity index is 3.95. The predicted octanol–water partition coefficient (Wildman–Crippen LogP) is 10.6. The Morgan fingerprint density at radius 2 is 1.12 bits per heavy atom. The van der Waals surface area contributed by atoms with Crippen LogP contribution in [0.2, 0.25) is 0 Å². The highest BCUT2D eigenvalue weighted by molar-refractivity contribution is 5.69. The van der Waals surface area contributed by atoms with Crippen molar-refractivity contribution in [3.8, 4) is 0 Å². The molecule has 1 N–H and O–H groups in total. The molecule has 1 unspecified atom stereocenters. The lowest BCUT2D eigenvalue weighted by molar-refractivity contribution is -0.148. The van der Waals surface area contributed by atoms with Crippen LogP contribution < -0.4 is 0 Å². The van der Waals surface area contributed by atoms with Crippen molar-refractivity contribution < 1.29 is 24.2 Å².